The maximum Gasteiger partial charge on any atom is 0.416 e. The van der Waals surface area contributed by atoms with Crippen LogP contribution in [0.25, 0.3) is 28.4 Å². The highest BCUT2D eigenvalue weighted by atomic mass is 35.5. The first-order valence-electron chi connectivity index (χ1n) is 47.5. The third-order valence-electron chi connectivity index (χ3n) is 22.7. The summed E-state index contributed by atoms with van der Waals surface area (Å²) in [5, 5.41) is 31.4. The summed E-state index contributed by atoms with van der Waals surface area (Å²) < 4.78 is 124. The fourth-order valence-corrected chi connectivity index (χ4v) is 20.9. The van der Waals surface area contributed by atoms with Crippen LogP contribution < -0.4 is 24.5 Å². The minimum absolute atomic E-state index is 0. The van der Waals surface area contributed by atoms with Crippen molar-refractivity contribution in [3.63, 3.8) is 0 Å². The summed E-state index contributed by atoms with van der Waals surface area (Å²) >= 11 is 39.5. The van der Waals surface area contributed by atoms with E-state index >= 15 is 0 Å². The molecule has 10 heterocycles. The number of benzene rings is 3. The van der Waals surface area contributed by atoms with Crippen molar-refractivity contribution >= 4 is 175 Å². The van der Waals surface area contributed by atoms with Gasteiger partial charge in [-0.3, -0.25) is 48.9 Å². The Labute approximate surface area is 902 Å². The van der Waals surface area contributed by atoms with E-state index in [0.717, 1.165) is 93.6 Å². The summed E-state index contributed by atoms with van der Waals surface area (Å²) in [6.45, 7) is 12.0. The average Bonchev–Trinajstić information content (AvgIpc) is 1.69. The van der Waals surface area contributed by atoms with Gasteiger partial charge in [0.05, 0.1) is 107 Å². The van der Waals surface area contributed by atoms with Crippen molar-refractivity contribution in [3.05, 3.63) is 286 Å². The summed E-state index contributed by atoms with van der Waals surface area (Å²) in [7, 11) is 0. The number of amides is 5. The Balaban J connectivity index is 0.000000206. The standard InChI is InChI=1S/3C22H22ClF3N4OS.C20H27ClN4OS.C16H21ClN4O2S.CH4/c1-2-29(19-15-30(28-21(19)23)18-7-4-10-27-14-18)20(31)9-12-32-11-8-16-5-3-6-17(13-16)22(24,25)26;1-2-29(19-15-30(28-21(19)23)18-4-3-11-27-14-18)20(31)10-13-32-12-9-16-5-7-17(8-6-16)22(24,25)26;1-2-29(19-15-30(28-21(19)23)17-7-5-11-27-14-17)20(31)10-13-32-12-9-16-6-3-4-8-18(16)22(24,25)26;1-2-24(19(26)10-13-27-12-9-16-6-3-4-7-16)18-15-25(23-20(18)21)17-8-5-11-22-14-17;1-2-20(15(23)6-10-24-9-4-8-22)14-12-21(19-16(14)17)13-5-3-7-18-11-13;/h3-7,10,13-15H,2,8-9,11-12H2,1H3;2*3-8,11,14-15H,2,9-10,12-13H2,1H3;5,8,11,14-16H,2-4,6-7,9-10,12-13H2,1H3;3,5,7,11-12,22H,2,4,6,8-10H2,1H3;1H4. The Morgan fingerprint density at radius 3 is 0.953 bits per heavy atom. The predicted octanol–water partition coefficient (Wildman–Crippen LogP) is 25.4. The van der Waals surface area contributed by atoms with Gasteiger partial charge in [-0.05, 0) is 203 Å². The molecule has 26 nitrogen and oxygen atoms in total. The second kappa shape index (κ2) is 62.2. The van der Waals surface area contributed by atoms with Gasteiger partial charge in [0.2, 0.25) is 29.5 Å². The van der Waals surface area contributed by atoms with Crippen LogP contribution in [0.3, 0.4) is 0 Å². The number of aliphatic hydroxyl groups is 1. The third kappa shape index (κ3) is 37.8. The van der Waals surface area contributed by atoms with E-state index in [1.54, 1.807) is 195 Å². The van der Waals surface area contributed by atoms with Gasteiger partial charge < -0.3 is 29.6 Å². The SMILES string of the molecule is C.CCN(C(=O)CCSCCC1CCCC1)c1cn(-c2cccnc2)nc1Cl.CCN(C(=O)CCSCCCO)c1cn(-c2cccnc2)nc1Cl.CCN(C(=O)CCSCCc1ccc(C(F)(F)F)cc1)c1cn(-c2cccnc2)nc1Cl.CCN(C(=O)CCSCCc1cccc(C(F)(F)F)c1)c1cn(-c2cccnc2)nc1Cl.CCN(C(=O)CCSCCc1ccccc1C(F)(F)F)c1cn(-c2cccnc2)nc1Cl. The summed E-state index contributed by atoms with van der Waals surface area (Å²) in [4.78, 5) is 91.8. The molecule has 0 saturated heterocycles. The Morgan fingerprint density at radius 1 is 0.351 bits per heavy atom. The van der Waals surface area contributed by atoms with Gasteiger partial charge in [0.25, 0.3) is 0 Å². The molecule has 13 aromatic rings. The predicted molar refractivity (Wildman–Crippen MR) is 582 cm³/mol. The van der Waals surface area contributed by atoms with Gasteiger partial charge in [-0.1, -0.05) is 140 Å². The monoisotopic (exact) mass is 2240 g/mol. The van der Waals surface area contributed by atoms with Crippen LogP contribution >= 0.6 is 117 Å². The number of aromatic nitrogens is 15. The summed E-state index contributed by atoms with van der Waals surface area (Å²) in [6, 6.07) is 34.4. The van der Waals surface area contributed by atoms with Crippen LogP contribution in [0.1, 0.15) is 146 Å². The van der Waals surface area contributed by atoms with Crippen LogP contribution in [0.2, 0.25) is 25.8 Å². The zero-order chi connectivity index (χ0) is 106. The highest BCUT2D eigenvalue weighted by Gasteiger charge is 2.35. The maximum absolute atomic E-state index is 13.1. The number of hydrogen-bond donors (Lipinski definition) is 1. The molecule has 1 aliphatic carbocycles. The van der Waals surface area contributed by atoms with Crippen molar-refractivity contribution in [2.75, 3.05) is 121 Å². The number of carbonyl (C=O) groups is 5. The average molecular weight is 2240 g/mol. The summed E-state index contributed by atoms with van der Waals surface area (Å²) in [6.07, 6.45) is 23.1. The van der Waals surface area contributed by atoms with Gasteiger partial charge >= 0.3 is 18.5 Å². The number of rotatable bonds is 45. The third-order valence-corrected chi connectivity index (χ3v) is 29.1. The van der Waals surface area contributed by atoms with Gasteiger partial charge in [-0.15, -0.1) is 0 Å². The molecule has 794 valence electrons. The lowest BCUT2D eigenvalue weighted by Gasteiger charge is -2.19. The van der Waals surface area contributed by atoms with Crippen LogP contribution in [-0.2, 0) is 61.8 Å². The molecule has 45 heteroatoms. The Hall–Kier alpha value is -10.7. The van der Waals surface area contributed by atoms with Gasteiger partial charge in [0, 0.05) is 131 Å². The molecule has 0 atom stereocenters. The van der Waals surface area contributed by atoms with Gasteiger partial charge in [-0.2, -0.15) is 124 Å². The second-order valence-electron chi connectivity index (χ2n) is 32.6. The van der Waals surface area contributed by atoms with Crippen LogP contribution in [-0.4, -0.2) is 205 Å². The normalized spacial score (nSPS) is 11.9. The Morgan fingerprint density at radius 2 is 0.655 bits per heavy atom. The number of aryl methyl sites for hydroxylation is 3. The molecule has 0 aliphatic heterocycles. The number of carbonyl (C=O) groups excluding carboxylic acids is 5. The van der Waals surface area contributed by atoms with E-state index in [2.05, 4.69) is 50.4 Å². The minimum Gasteiger partial charge on any atom is -0.396 e. The van der Waals surface area contributed by atoms with Crippen molar-refractivity contribution in [2.24, 2.45) is 5.92 Å². The number of anilines is 5. The van der Waals surface area contributed by atoms with E-state index in [9.17, 15) is 63.5 Å². The molecule has 1 N–H and O–H groups in total. The maximum atomic E-state index is 13.1. The zero-order valence-electron chi connectivity index (χ0n) is 81.4. The Bertz CT molecular complexity index is 6210. The summed E-state index contributed by atoms with van der Waals surface area (Å²) in [5.74, 6) is 7.83. The molecule has 0 unspecified atom stereocenters. The smallest absolute Gasteiger partial charge is 0.396 e. The molecular formula is C103H118Cl5F9N20O6S5. The van der Waals surface area contributed by atoms with Crippen molar-refractivity contribution in [2.45, 2.75) is 150 Å². The van der Waals surface area contributed by atoms with Crippen molar-refractivity contribution in [1.29, 1.82) is 0 Å². The van der Waals surface area contributed by atoms with Gasteiger partial charge in [-0.25, -0.2) is 23.4 Å². The van der Waals surface area contributed by atoms with Crippen LogP contribution in [0.5, 0.6) is 0 Å². The Kier molecular flexibility index (Phi) is 50.8. The quantitative estimate of drug-likeness (QED) is 0.0274. The minimum atomic E-state index is -4.36. The van der Waals surface area contributed by atoms with Crippen LogP contribution in [0.4, 0.5) is 68.0 Å². The number of hydrogen-bond acceptors (Lipinski definition) is 21. The van der Waals surface area contributed by atoms with Gasteiger partial charge in [0.1, 0.15) is 28.4 Å². The van der Waals surface area contributed by atoms with Gasteiger partial charge in [0.15, 0.2) is 25.8 Å². The molecule has 0 radical (unpaired) electrons. The molecule has 10 aromatic heterocycles. The molecule has 148 heavy (non-hydrogen) atoms. The zero-order valence-corrected chi connectivity index (χ0v) is 89.3. The highest BCUT2D eigenvalue weighted by molar-refractivity contribution is 8.00. The molecule has 14 rings (SSSR count). The van der Waals surface area contributed by atoms with E-state index < -0.39 is 35.2 Å². The first-order valence-corrected chi connectivity index (χ1v) is 55.2. The number of thioether (sulfide) groups is 5. The lowest BCUT2D eigenvalue weighted by molar-refractivity contribution is -0.138. The van der Waals surface area contributed by atoms with Crippen molar-refractivity contribution < 1.29 is 68.6 Å². The van der Waals surface area contributed by atoms with Crippen LogP contribution in [0, 0.1) is 5.92 Å². The fourth-order valence-electron chi connectivity index (χ4n) is 15.2. The van der Waals surface area contributed by atoms with Crippen molar-refractivity contribution in [1.82, 2.24) is 73.8 Å². The number of aliphatic hydroxyl groups excluding tert-OH is 1. The molecule has 3 aromatic carbocycles. The first kappa shape index (κ1) is 121. The van der Waals surface area contributed by atoms with E-state index in [1.165, 1.54) is 92.0 Å². The lowest BCUT2D eigenvalue weighted by atomic mass is 10.1. The van der Waals surface area contributed by atoms with E-state index in [1.807, 2.05) is 88.8 Å². The summed E-state index contributed by atoms with van der Waals surface area (Å²) in [5.41, 5.74) is 6.46. The largest absolute Gasteiger partial charge is 0.416 e. The molecular weight excluding hydrogens is 2120 g/mol. The molecule has 1 saturated carbocycles. The molecule has 1 aliphatic rings. The molecule has 0 bridgehead atoms. The van der Waals surface area contributed by atoms with E-state index in [-0.39, 0.29) is 83.9 Å². The number of pyridine rings is 5. The van der Waals surface area contributed by atoms with E-state index in [4.69, 9.17) is 63.1 Å². The molecule has 1 fully saturated rings. The number of alkyl halides is 9. The topological polar surface area (TPSA) is 275 Å². The molecule has 0 spiro atoms. The highest BCUT2D eigenvalue weighted by Crippen LogP contribution is 2.38. The lowest BCUT2D eigenvalue weighted by Crippen LogP contribution is -2.30. The van der Waals surface area contributed by atoms with Crippen LogP contribution in [0.15, 0.2) is 226 Å². The fraction of sp³-hybridized carbons (Fsp3) is 0.388. The number of nitrogens with zero attached hydrogens (tertiary/aromatic N) is 20. The van der Waals surface area contributed by atoms with Crippen molar-refractivity contribution in [3.8, 4) is 28.4 Å². The van der Waals surface area contributed by atoms with E-state index in [0.29, 0.717) is 144 Å². The number of halogens is 14. The first-order chi connectivity index (χ1) is 70.7. The second-order valence-corrected chi connectivity index (χ2v) is 40.5. The molecule has 5 amide bonds.